The quantitative estimate of drug-likeness (QED) is 0.0169. The number of carbonyl (C=O) groups excluding carboxylic acids is 4. The predicted octanol–water partition coefficient (Wildman–Crippen LogP) is 21.2. The van der Waals surface area contributed by atoms with E-state index in [0.29, 0.717) is 25.7 Å². The lowest BCUT2D eigenvalue weighted by Gasteiger charge is -2.21. The Labute approximate surface area is 572 Å². The van der Waals surface area contributed by atoms with Crippen molar-refractivity contribution in [1.82, 2.24) is 0 Å². The van der Waals surface area contributed by atoms with E-state index in [-0.39, 0.29) is 25.7 Å². The Morgan fingerprint density at radius 3 is 0.872 bits per heavy atom. The van der Waals surface area contributed by atoms with Crippen LogP contribution in [0, 0.1) is 5.92 Å². The van der Waals surface area contributed by atoms with E-state index < -0.39 is 97.5 Å². The van der Waals surface area contributed by atoms with Gasteiger partial charge in [0.25, 0.3) is 0 Å². The fourth-order valence-electron chi connectivity index (χ4n) is 10.4. The van der Waals surface area contributed by atoms with E-state index in [2.05, 4.69) is 83.2 Å². The van der Waals surface area contributed by atoms with Crippen LogP contribution in [0.4, 0.5) is 0 Å². The zero-order valence-corrected chi connectivity index (χ0v) is 61.9. The zero-order chi connectivity index (χ0) is 69.1. The van der Waals surface area contributed by atoms with E-state index in [1.165, 1.54) is 128 Å². The van der Waals surface area contributed by atoms with Crippen molar-refractivity contribution in [1.29, 1.82) is 0 Å². The molecule has 0 amide bonds. The van der Waals surface area contributed by atoms with Crippen LogP contribution < -0.4 is 0 Å². The Hall–Kier alpha value is -2.98. The van der Waals surface area contributed by atoms with Crippen LogP contribution in [0.25, 0.3) is 0 Å². The summed E-state index contributed by atoms with van der Waals surface area (Å²) in [6.07, 6.45) is 61.7. The molecular weight excluding hydrogens is 1230 g/mol. The number of aliphatic hydroxyl groups excluding tert-OH is 1. The lowest BCUT2D eigenvalue weighted by atomic mass is 10.0. The fourth-order valence-corrected chi connectivity index (χ4v) is 12.0. The molecule has 0 aliphatic heterocycles. The molecule has 0 fully saturated rings. The monoisotopic (exact) mass is 1370 g/mol. The van der Waals surface area contributed by atoms with E-state index >= 15 is 0 Å². The third-order valence-corrected chi connectivity index (χ3v) is 18.2. The first-order valence-electron chi connectivity index (χ1n) is 37.8. The van der Waals surface area contributed by atoms with Crippen molar-refractivity contribution in [3.8, 4) is 0 Å². The van der Waals surface area contributed by atoms with Crippen molar-refractivity contribution in [2.75, 3.05) is 39.6 Å². The Morgan fingerprint density at radius 1 is 0.330 bits per heavy atom. The molecule has 94 heavy (non-hydrogen) atoms. The SMILES string of the molecule is CCCCCC/C=C\C=C/CCCCCCCC(=O)OC[C@H](COP(=O)(O)OC[C@@H](O)COP(=O)(O)OC[C@@H](COC(=O)CCCCCCC)OC(=O)CCCCCCC/C=C\C=C/CCCCCC)OC(=O)CCCCCCCCCCCCCCCCCCC(C)C. The first-order chi connectivity index (χ1) is 45.5. The summed E-state index contributed by atoms with van der Waals surface area (Å²) in [4.78, 5) is 72.4. The number of carbonyl (C=O) groups is 4. The number of hydrogen-bond donors (Lipinski definition) is 3. The van der Waals surface area contributed by atoms with Crippen LogP contribution in [-0.2, 0) is 65.4 Å². The van der Waals surface area contributed by atoms with Crippen LogP contribution >= 0.6 is 15.6 Å². The van der Waals surface area contributed by atoms with E-state index in [9.17, 15) is 43.2 Å². The molecule has 0 rings (SSSR count). The number of aliphatic hydroxyl groups is 1. The fraction of sp³-hybridized carbons (Fsp3) is 0.840. The molecule has 0 aliphatic carbocycles. The third-order valence-electron chi connectivity index (χ3n) is 16.3. The number of rotatable bonds is 71. The topological polar surface area (TPSA) is 237 Å². The number of allylic oxidation sites excluding steroid dienone is 8. The maximum absolute atomic E-state index is 13.0. The van der Waals surface area contributed by atoms with Crippen LogP contribution in [0.15, 0.2) is 48.6 Å². The molecule has 0 aromatic rings. The lowest BCUT2D eigenvalue weighted by molar-refractivity contribution is -0.161. The van der Waals surface area contributed by atoms with Crippen molar-refractivity contribution in [2.24, 2.45) is 5.92 Å². The first-order valence-corrected chi connectivity index (χ1v) is 40.8. The standard InChI is InChI=1S/C75H138O17P2/c1-6-9-12-15-17-19-21-23-27-32-36-40-44-49-54-59-73(78)86-65-71(92-75(80)61-56-51-46-42-38-34-30-26-25-29-31-35-39-43-48-52-57-68(4)5)67-90-94(83,84)88-63-69(76)62-87-93(81,82)89-66-70(64-85-72(77)58-53-47-14-11-8-3)91-74(79)60-55-50-45-41-37-33-28-24-22-20-18-16-13-10-7-2/h19-24,27-28,68-71,76H,6-18,25-26,29-67H2,1-5H3,(H,81,82)(H,83,84)/b21-19-,22-20-,27-23-,28-24-/t69-,70+,71+/m0/s1. The molecular formula is C75H138O17P2. The highest BCUT2D eigenvalue weighted by atomic mass is 31.2. The predicted molar refractivity (Wildman–Crippen MR) is 381 cm³/mol. The number of unbranched alkanes of at least 4 members (excludes halogenated alkanes) is 37. The number of hydrogen-bond acceptors (Lipinski definition) is 15. The van der Waals surface area contributed by atoms with Gasteiger partial charge in [-0.3, -0.25) is 37.3 Å². The first kappa shape index (κ1) is 91.0. The second-order valence-corrected chi connectivity index (χ2v) is 29.0. The van der Waals surface area contributed by atoms with E-state index in [1.54, 1.807) is 0 Å². The van der Waals surface area contributed by atoms with Gasteiger partial charge in [-0.15, -0.1) is 0 Å². The summed E-state index contributed by atoms with van der Waals surface area (Å²) in [7, 11) is -9.92. The highest BCUT2D eigenvalue weighted by Gasteiger charge is 2.30. The molecule has 0 aliphatic rings. The van der Waals surface area contributed by atoms with Crippen molar-refractivity contribution >= 4 is 39.5 Å². The van der Waals surface area contributed by atoms with Gasteiger partial charge in [0, 0.05) is 25.7 Å². The van der Waals surface area contributed by atoms with Gasteiger partial charge in [-0.05, 0) is 83.0 Å². The van der Waals surface area contributed by atoms with Crippen LogP contribution in [0.1, 0.15) is 343 Å². The van der Waals surface area contributed by atoms with Gasteiger partial charge in [0.05, 0.1) is 26.4 Å². The highest BCUT2D eigenvalue weighted by Crippen LogP contribution is 2.45. The number of phosphoric ester groups is 2. The molecule has 0 radical (unpaired) electrons. The molecule has 0 saturated heterocycles. The molecule has 0 saturated carbocycles. The second-order valence-electron chi connectivity index (χ2n) is 26.1. The largest absolute Gasteiger partial charge is 0.472 e. The van der Waals surface area contributed by atoms with Gasteiger partial charge in [0.2, 0.25) is 0 Å². The van der Waals surface area contributed by atoms with Crippen molar-refractivity contribution in [2.45, 2.75) is 361 Å². The van der Waals surface area contributed by atoms with Crippen molar-refractivity contribution in [3.63, 3.8) is 0 Å². The average molecular weight is 1370 g/mol. The Morgan fingerprint density at radius 2 is 0.574 bits per heavy atom. The molecule has 0 aromatic carbocycles. The van der Waals surface area contributed by atoms with Crippen LogP contribution in [0.5, 0.6) is 0 Å². The summed E-state index contributed by atoms with van der Waals surface area (Å²) < 4.78 is 68.2. The van der Waals surface area contributed by atoms with Gasteiger partial charge < -0.3 is 33.8 Å². The molecule has 17 nitrogen and oxygen atoms in total. The second kappa shape index (κ2) is 67.2. The average Bonchev–Trinajstić information content (AvgIpc) is 1.52. The Kier molecular flexibility index (Phi) is 65.1. The van der Waals surface area contributed by atoms with E-state index in [1.807, 2.05) is 0 Å². The van der Waals surface area contributed by atoms with Gasteiger partial charge in [-0.25, -0.2) is 9.13 Å². The highest BCUT2D eigenvalue weighted by molar-refractivity contribution is 7.47. The summed E-state index contributed by atoms with van der Waals surface area (Å²) in [6.45, 7) is 7.09. The third kappa shape index (κ3) is 67.6. The van der Waals surface area contributed by atoms with Crippen LogP contribution in [0.3, 0.4) is 0 Å². The maximum Gasteiger partial charge on any atom is 0.472 e. The summed E-state index contributed by atoms with van der Waals surface area (Å²) >= 11 is 0. The summed E-state index contributed by atoms with van der Waals surface area (Å²) in [5, 5.41) is 10.6. The van der Waals surface area contributed by atoms with Gasteiger partial charge in [0.1, 0.15) is 19.3 Å². The number of ether oxygens (including phenoxy) is 4. The number of esters is 4. The number of phosphoric acid groups is 2. The molecule has 0 bridgehead atoms. The van der Waals surface area contributed by atoms with E-state index in [4.69, 9.17) is 37.0 Å². The van der Waals surface area contributed by atoms with Crippen molar-refractivity contribution in [3.05, 3.63) is 48.6 Å². The smallest absolute Gasteiger partial charge is 0.462 e. The molecule has 2 unspecified atom stereocenters. The van der Waals surface area contributed by atoms with Crippen LogP contribution in [0.2, 0.25) is 0 Å². The maximum atomic E-state index is 13.0. The van der Waals surface area contributed by atoms with Gasteiger partial charge in [-0.2, -0.15) is 0 Å². The Bertz CT molecular complexity index is 1990. The molecule has 0 heterocycles. The summed E-state index contributed by atoms with van der Waals surface area (Å²) in [6, 6.07) is 0. The molecule has 3 N–H and O–H groups in total. The minimum absolute atomic E-state index is 0.0819. The summed E-state index contributed by atoms with van der Waals surface area (Å²) in [5.41, 5.74) is 0. The Balaban J connectivity index is 5.21. The summed E-state index contributed by atoms with van der Waals surface area (Å²) in [5.74, 6) is -1.38. The minimum Gasteiger partial charge on any atom is -0.462 e. The normalized spacial score (nSPS) is 14.3. The van der Waals surface area contributed by atoms with Gasteiger partial charge in [0.15, 0.2) is 12.2 Å². The van der Waals surface area contributed by atoms with Gasteiger partial charge in [-0.1, -0.05) is 289 Å². The molecule has 19 heteroatoms. The molecule has 0 spiro atoms. The van der Waals surface area contributed by atoms with E-state index in [0.717, 1.165) is 134 Å². The molecule has 0 aromatic heterocycles. The zero-order valence-electron chi connectivity index (χ0n) is 60.1. The molecule has 5 atom stereocenters. The van der Waals surface area contributed by atoms with Crippen molar-refractivity contribution < 1.29 is 80.2 Å². The molecule has 550 valence electrons. The minimum atomic E-state index is -4.97. The van der Waals surface area contributed by atoms with Crippen LogP contribution in [-0.4, -0.2) is 96.7 Å². The lowest BCUT2D eigenvalue weighted by Crippen LogP contribution is -2.30. The van der Waals surface area contributed by atoms with Gasteiger partial charge >= 0.3 is 39.5 Å².